The summed E-state index contributed by atoms with van der Waals surface area (Å²) in [6.07, 6.45) is 0. The molecule has 13 heavy (non-hydrogen) atoms. The van der Waals surface area contributed by atoms with Gasteiger partial charge < -0.3 is 16.2 Å². The van der Waals surface area contributed by atoms with E-state index in [1.165, 1.54) is 11.3 Å². The fraction of sp³-hybridized carbons (Fsp3) is 0.375. The van der Waals surface area contributed by atoms with Crippen LogP contribution in [0.4, 0.5) is 5.69 Å². The summed E-state index contributed by atoms with van der Waals surface area (Å²) >= 11 is 1.29. The fourth-order valence-corrected chi connectivity index (χ4v) is 1.51. The molecule has 1 amide bonds. The lowest BCUT2D eigenvalue weighted by Crippen LogP contribution is -2.34. The highest BCUT2D eigenvalue weighted by Gasteiger charge is 2.10. The molecule has 72 valence electrons. The summed E-state index contributed by atoms with van der Waals surface area (Å²) in [5, 5.41) is 13.0. The third-order valence-corrected chi connectivity index (χ3v) is 2.44. The van der Waals surface area contributed by atoms with Gasteiger partial charge in [-0.3, -0.25) is 4.79 Å². The Morgan fingerprint density at radius 1 is 1.85 bits per heavy atom. The van der Waals surface area contributed by atoms with Gasteiger partial charge in [-0.15, -0.1) is 11.3 Å². The maximum absolute atomic E-state index is 11.4. The third-order valence-electron chi connectivity index (χ3n) is 1.49. The summed E-state index contributed by atoms with van der Waals surface area (Å²) in [5.41, 5.74) is 6.05. The number of nitrogens with one attached hydrogen (secondary N) is 1. The first kappa shape index (κ1) is 10.0. The third kappa shape index (κ3) is 2.71. The molecule has 0 saturated carbocycles. The summed E-state index contributed by atoms with van der Waals surface area (Å²) in [6.45, 7) is 1.67. The largest absolute Gasteiger partial charge is 0.398 e. The number of thiophene rings is 1. The van der Waals surface area contributed by atoms with E-state index >= 15 is 0 Å². The van der Waals surface area contributed by atoms with Gasteiger partial charge in [0.2, 0.25) is 0 Å². The number of aliphatic hydroxyl groups is 1. The van der Waals surface area contributed by atoms with Crippen molar-refractivity contribution >= 4 is 22.9 Å². The second-order valence-corrected chi connectivity index (χ2v) is 3.71. The van der Waals surface area contributed by atoms with Crippen LogP contribution < -0.4 is 11.1 Å². The average Bonchev–Trinajstić information content (AvgIpc) is 2.51. The second kappa shape index (κ2) is 4.25. The molecule has 0 bridgehead atoms. The van der Waals surface area contributed by atoms with Crippen LogP contribution in [0, 0.1) is 0 Å². The normalized spacial score (nSPS) is 12.5. The summed E-state index contributed by atoms with van der Waals surface area (Å²) in [6, 6.07) is 1.39. The summed E-state index contributed by atoms with van der Waals surface area (Å²) in [5.74, 6) is -0.191. The van der Waals surface area contributed by atoms with E-state index in [1.54, 1.807) is 18.4 Å². The van der Waals surface area contributed by atoms with Crippen molar-refractivity contribution in [3.63, 3.8) is 0 Å². The highest BCUT2D eigenvalue weighted by molar-refractivity contribution is 7.12. The number of carbonyl (C=O) groups excluding carboxylic acids is 1. The molecule has 0 aliphatic carbocycles. The Kier molecular flexibility index (Phi) is 3.27. The van der Waals surface area contributed by atoms with Gasteiger partial charge in [0.05, 0.1) is 11.5 Å². The van der Waals surface area contributed by atoms with Gasteiger partial charge in [0.1, 0.15) is 0 Å². The summed E-state index contributed by atoms with van der Waals surface area (Å²) < 4.78 is 0. The van der Waals surface area contributed by atoms with E-state index in [1.807, 2.05) is 0 Å². The number of carbonyl (C=O) groups is 1. The predicted octanol–water partition coefficient (Wildman–Crippen LogP) is 0.441. The van der Waals surface area contributed by atoms with E-state index in [2.05, 4.69) is 5.32 Å². The van der Waals surface area contributed by atoms with Crippen LogP contribution >= 0.6 is 11.3 Å². The molecule has 1 aromatic rings. The standard InChI is InChI=1S/C8H12N2O2S/c1-5(3-11)10-8(12)7-2-6(9)4-13-7/h2,4-5,11H,3,9H2,1H3,(H,10,12)/t5-/m1/s1. The first-order chi connectivity index (χ1) is 6.13. The van der Waals surface area contributed by atoms with Gasteiger partial charge in [-0.05, 0) is 13.0 Å². The Hall–Kier alpha value is -1.07. The average molecular weight is 200 g/mol. The van der Waals surface area contributed by atoms with Crippen molar-refractivity contribution in [3.8, 4) is 0 Å². The second-order valence-electron chi connectivity index (χ2n) is 2.80. The van der Waals surface area contributed by atoms with Crippen LogP contribution in [-0.2, 0) is 0 Å². The first-order valence-electron chi connectivity index (χ1n) is 3.89. The molecule has 0 spiro atoms. The molecule has 0 fully saturated rings. The fourth-order valence-electron chi connectivity index (χ4n) is 0.811. The molecular formula is C8H12N2O2S. The Balaban J connectivity index is 2.58. The highest BCUT2D eigenvalue weighted by atomic mass is 32.1. The molecule has 0 unspecified atom stereocenters. The molecule has 0 aromatic carbocycles. The number of nitrogens with two attached hydrogens (primary N) is 1. The van der Waals surface area contributed by atoms with Crippen molar-refractivity contribution in [2.75, 3.05) is 12.3 Å². The zero-order chi connectivity index (χ0) is 9.84. The van der Waals surface area contributed by atoms with Crippen molar-refractivity contribution in [3.05, 3.63) is 16.3 Å². The topological polar surface area (TPSA) is 75.3 Å². The van der Waals surface area contributed by atoms with E-state index in [0.717, 1.165) is 0 Å². The number of rotatable bonds is 3. The zero-order valence-corrected chi connectivity index (χ0v) is 8.10. The quantitative estimate of drug-likeness (QED) is 0.662. The van der Waals surface area contributed by atoms with E-state index < -0.39 is 0 Å². The van der Waals surface area contributed by atoms with Gasteiger partial charge in [0, 0.05) is 17.1 Å². The molecular weight excluding hydrogens is 188 g/mol. The van der Waals surface area contributed by atoms with E-state index in [9.17, 15) is 4.79 Å². The molecule has 1 rings (SSSR count). The van der Waals surface area contributed by atoms with Gasteiger partial charge in [-0.1, -0.05) is 0 Å². The molecule has 1 heterocycles. The molecule has 0 saturated heterocycles. The number of aliphatic hydroxyl groups excluding tert-OH is 1. The number of nitrogen functional groups attached to an aromatic ring is 1. The lowest BCUT2D eigenvalue weighted by atomic mass is 10.3. The maximum atomic E-state index is 11.4. The van der Waals surface area contributed by atoms with Crippen molar-refractivity contribution in [2.45, 2.75) is 13.0 Å². The highest BCUT2D eigenvalue weighted by Crippen LogP contribution is 2.15. The molecule has 0 aliphatic heterocycles. The molecule has 0 radical (unpaired) electrons. The smallest absolute Gasteiger partial charge is 0.261 e. The van der Waals surface area contributed by atoms with E-state index in [0.29, 0.717) is 10.6 Å². The minimum atomic E-state index is -0.226. The van der Waals surface area contributed by atoms with Crippen LogP contribution in [0.5, 0.6) is 0 Å². The molecule has 0 aliphatic rings. The minimum Gasteiger partial charge on any atom is -0.398 e. The van der Waals surface area contributed by atoms with Crippen molar-refractivity contribution in [1.29, 1.82) is 0 Å². The van der Waals surface area contributed by atoms with E-state index in [-0.39, 0.29) is 18.6 Å². The van der Waals surface area contributed by atoms with Crippen LogP contribution in [0.2, 0.25) is 0 Å². The number of anilines is 1. The summed E-state index contributed by atoms with van der Waals surface area (Å²) in [4.78, 5) is 11.9. The molecule has 1 atom stereocenters. The Morgan fingerprint density at radius 2 is 2.54 bits per heavy atom. The van der Waals surface area contributed by atoms with Gasteiger partial charge >= 0.3 is 0 Å². The van der Waals surface area contributed by atoms with E-state index in [4.69, 9.17) is 10.8 Å². The lowest BCUT2D eigenvalue weighted by Gasteiger charge is -2.08. The van der Waals surface area contributed by atoms with Gasteiger partial charge in [0.25, 0.3) is 5.91 Å². The Labute approximate surface area is 80.4 Å². The zero-order valence-electron chi connectivity index (χ0n) is 7.28. The van der Waals surface area contributed by atoms with Gasteiger partial charge in [-0.25, -0.2) is 0 Å². The Bertz CT molecular complexity index is 298. The minimum absolute atomic E-state index is 0.0629. The number of hydrogen-bond acceptors (Lipinski definition) is 4. The monoisotopic (exact) mass is 200 g/mol. The van der Waals surface area contributed by atoms with Gasteiger partial charge in [0.15, 0.2) is 0 Å². The maximum Gasteiger partial charge on any atom is 0.261 e. The van der Waals surface area contributed by atoms with Gasteiger partial charge in [-0.2, -0.15) is 0 Å². The van der Waals surface area contributed by atoms with Crippen molar-refractivity contribution in [2.24, 2.45) is 0 Å². The van der Waals surface area contributed by atoms with Crippen LogP contribution in [-0.4, -0.2) is 23.7 Å². The Morgan fingerprint density at radius 3 is 3.00 bits per heavy atom. The number of hydrogen-bond donors (Lipinski definition) is 3. The summed E-state index contributed by atoms with van der Waals surface area (Å²) in [7, 11) is 0. The molecule has 4 nitrogen and oxygen atoms in total. The van der Waals surface area contributed by atoms with Crippen molar-refractivity contribution in [1.82, 2.24) is 5.32 Å². The molecule has 4 N–H and O–H groups in total. The predicted molar refractivity (Wildman–Crippen MR) is 52.7 cm³/mol. The number of amides is 1. The van der Waals surface area contributed by atoms with Crippen LogP contribution in [0.15, 0.2) is 11.4 Å². The SMILES string of the molecule is C[C@H](CO)NC(=O)c1cc(N)cs1. The molecule has 5 heteroatoms. The van der Waals surface area contributed by atoms with Crippen LogP contribution in [0.25, 0.3) is 0 Å². The van der Waals surface area contributed by atoms with Crippen LogP contribution in [0.1, 0.15) is 16.6 Å². The first-order valence-corrected chi connectivity index (χ1v) is 4.77. The lowest BCUT2D eigenvalue weighted by molar-refractivity contribution is 0.0926. The van der Waals surface area contributed by atoms with Crippen LogP contribution in [0.3, 0.4) is 0 Å². The molecule has 1 aromatic heterocycles. The van der Waals surface area contributed by atoms with Crippen molar-refractivity contribution < 1.29 is 9.90 Å².